The van der Waals surface area contributed by atoms with E-state index < -0.39 is 0 Å². The molecule has 1 aliphatic rings. The molecule has 0 saturated heterocycles. The smallest absolute Gasteiger partial charge is 0.238 e. The molecule has 0 atom stereocenters. The second kappa shape index (κ2) is 6.94. The Balaban J connectivity index is 1.58. The molecule has 0 unspecified atom stereocenters. The number of nitrogens with zero attached hydrogens (tertiary/aromatic N) is 1. The Hall–Kier alpha value is -2.62. The zero-order chi connectivity index (χ0) is 18.1. The summed E-state index contributed by atoms with van der Waals surface area (Å²) in [5.41, 5.74) is 5.60. The maximum absolute atomic E-state index is 12.5. The second-order valence-corrected chi connectivity index (χ2v) is 6.93. The van der Waals surface area contributed by atoms with Crippen molar-refractivity contribution in [2.45, 2.75) is 6.04 Å². The summed E-state index contributed by atoms with van der Waals surface area (Å²) >= 11 is 6.14. The summed E-state index contributed by atoms with van der Waals surface area (Å²) in [6, 6.07) is 24.1. The van der Waals surface area contributed by atoms with Crippen LogP contribution < -0.4 is 5.32 Å². The maximum atomic E-state index is 12.5. The lowest BCUT2D eigenvalue weighted by molar-refractivity contribution is -0.117. The van der Waals surface area contributed by atoms with Gasteiger partial charge in [0.1, 0.15) is 0 Å². The third kappa shape index (κ3) is 3.00. The number of carbonyl (C=O) groups excluding carboxylic acids is 1. The van der Waals surface area contributed by atoms with Crippen LogP contribution in [0.15, 0.2) is 72.8 Å². The van der Waals surface area contributed by atoms with Crippen LogP contribution in [-0.4, -0.2) is 24.4 Å². The summed E-state index contributed by atoms with van der Waals surface area (Å²) < 4.78 is 0. The van der Waals surface area contributed by atoms with Gasteiger partial charge in [-0.15, -0.1) is 0 Å². The first-order chi connectivity index (χ1) is 12.6. The first-order valence-corrected chi connectivity index (χ1v) is 8.96. The Kier molecular flexibility index (Phi) is 4.49. The maximum Gasteiger partial charge on any atom is 0.238 e. The molecule has 4 heteroatoms. The lowest BCUT2D eigenvalue weighted by Gasteiger charge is -2.26. The van der Waals surface area contributed by atoms with E-state index in [1.54, 1.807) is 12.1 Å². The molecule has 0 aromatic heterocycles. The zero-order valence-corrected chi connectivity index (χ0v) is 15.2. The number of halogens is 1. The Labute approximate surface area is 158 Å². The number of hydrogen-bond acceptors (Lipinski definition) is 2. The minimum absolute atomic E-state index is 0.0689. The normalized spacial score (nSPS) is 12.7. The number of para-hydroxylation sites is 1. The summed E-state index contributed by atoms with van der Waals surface area (Å²) in [6.45, 7) is 0.276. The van der Waals surface area contributed by atoms with Crippen LogP contribution in [0.3, 0.4) is 0 Å². The molecule has 0 heterocycles. The molecule has 3 nitrogen and oxygen atoms in total. The van der Waals surface area contributed by atoms with Gasteiger partial charge in [0.25, 0.3) is 0 Å². The molecule has 0 fully saturated rings. The van der Waals surface area contributed by atoms with Gasteiger partial charge in [0.05, 0.1) is 23.3 Å². The average molecular weight is 363 g/mol. The third-order valence-corrected chi connectivity index (χ3v) is 5.11. The van der Waals surface area contributed by atoms with E-state index in [0.29, 0.717) is 10.7 Å². The molecular weight excluding hydrogens is 344 g/mol. The quantitative estimate of drug-likeness (QED) is 0.709. The van der Waals surface area contributed by atoms with Crippen LogP contribution in [0.25, 0.3) is 11.1 Å². The van der Waals surface area contributed by atoms with Crippen molar-refractivity contribution in [1.82, 2.24) is 4.90 Å². The van der Waals surface area contributed by atoms with E-state index >= 15 is 0 Å². The predicted octanol–water partition coefficient (Wildman–Crippen LogP) is 4.98. The minimum Gasteiger partial charge on any atom is -0.324 e. The van der Waals surface area contributed by atoms with Gasteiger partial charge in [0.15, 0.2) is 0 Å². The molecule has 4 rings (SSSR count). The van der Waals surface area contributed by atoms with E-state index in [2.05, 4.69) is 58.7 Å². The molecule has 0 bridgehead atoms. The van der Waals surface area contributed by atoms with Gasteiger partial charge in [0, 0.05) is 0 Å². The number of hydrogen-bond donors (Lipinski definition) is 1. The van der Waals surface area contributed by atoms with Gasteiger partial charge in [-0.2, -0.15) is 0 Å². The first kappa shape index (κ1) is 16.8. The van der Waals surface area contributed by atoms with Crippen LogP contribution in [0.4, 0.5) is 5.69 Å². The Bertz CT molecular complexity index is 924. The van der Waals surface area contributed by atoms with Gasteiger partial charge in [0.2, 0.25) is 5.91 Å². The number of rotatable bonds is 4. The second-order valence-electron chi connectivity index (χ2n) is 6.52. The van der Waals surface area contributed by atoms with E-state index in [4.69, 9.17) is 11.6 Å². The van der Waals surface area contributed by atoms with Gasteiger partial charge < -0.3 is 5.32 Å². The molecule has 0 saturated carbocycles. The van der Waals surface area contributed by atoms with E-state index in [0.717, 1.165) is 0 Å². The molecule has 1 aliphatic carbocycles. The molecule has 130 valence electrons. The van der Waals surface area contributed by atoms with Crippen LogP contribution in [0, 0.1) is 0 Å². The zero-order valence-electron chi connectivity index (χ0n) is 14.4. The van der Waals surface area contributed by atoms with Gasteiger partial charge in [-0.1, -0.05) is 72.3 Å². The van der Waals surface area contributed by atoms with Gasteiger partial charge in [-0.3, -0.25) is 9.69 Å². The number of anilines is 1. The topological polar surface area (TPSA) is 32.3 Å². The fourth-order valence-corrected chi connectivity index (χ4v) is 3.86. The molecule has 1 amide bonds. The lowest BCUT2D eigenvalue weighted by atomic mass is 10.0. The van der Waals surface area contributed by atoms with E-state index in [-0.39, 0.29) is 18.5 Å². The van der Waals surface area contributed by atoms with Crippen molar-refractivity contribution >= 4 is 23.2 Å². The summed E-state index contributed by atoms with van der Waals surface area (Å²) in [7, 11) is 1.98. The van der Waals surface area contributed by atoms with E-state index in [9.17, 15) is 4.79 Å². The minimum atomic E-state index is -0.0811. The molecule has 0 radical (unpaired) electrons. The highest BCUT2D eigenvalue weighted by Gasteiger charge is 2.31. The Morgan fingerprint density at radius 2 is 1.46 bits per heavy atom. The molecule has 0 spiro atoms. The van der Waals surface area contributed by atoms with Crippen LogP contribution in [0.5, 0.6) is 0 Å². The molecular formula is C22H19ClN2O. The van der Waals surface area contributed by atoms with Crippen LogP contribution in [0.2, 0.25) is 5.02 Å². The van der Waals surface area contributed by atoms with Crippen molar-refractivity contribution in [3.63, 3.8) is 0 Å². The molecule has 0 aliphatic heterocycles. The van der Waals surface area contributed by atoms with Crippen molar-refractivity contribution in [3.05, 3.63) is 88.9 Å². The highest BCUT2D eigenvalue weighted by Crippen LogP contribution is 2.45. The molecule has 1 N–H and O–H groups in total. The van der Waals surface area contributed by atoms with Crippen LogP contribution in [-0.2, 0) is 4.79 Å². The van der Waals surface area contributed by atoms with Crippen LogP contribution >= 0.6 is 11.6 Å². The fraction of sp³-hybridized carbons (Fsp3) is 0.136. The number of fused-ring (bicyclic) bond motifs is 3. The van der Waals surface area contributed by atoms with E-state index in [1.807, 2.05) is 19.2 Å². The largest absolute Gasteiger partial charge is 0.324 e. The van der Waals surface area contributed by atoms with Gasteiger partial charge >= 0.3 is 0 Å². The third-order valence-electron chi connectivity index (χ3n) is 4.78. The number of amides is 1. The molecule has 3 aromatic carbocycles. The van der Waals surface area contributed by atoms with Crippen molar-refractivity contribution in [2.24, 2.45) is 0 Å². The highest BCUT2D eigenvalue weighted by atomic mass is 35.5. The first-order valence-electron chi connectivity index (χ1n) is 8.58. The van der Waals surface area contributed by atoms with Crippen molar-refractivity contribution in [1.29, 1.82) is 0 Å². The number of benzene rings is 3. The Morgan fingerprint density at radius 3 is 2.08 bits per heavy atom. The Morgan fingerprint density at radius 1 is 0.923 bits per heavy atom. The lowest BCUT2D eigenvalue weighted by Crippen LogP contribution is -2.33. The van der Waals surface area contributed by atoms with Crippen molar-refractivity contribution in [3.8, 4) is 11.1 Å². The molecule has 3 aromatic rings. The predicted molar refractivity (Wildman–Crippen MR) is 106 cm³/mol. The van der Waals surface area contributed by atoms with Gasteiger partial charge in [-0.25, -0.2) is 0 Å². The number of nitrogens with one attached hydrogen (secondary N) is 1. The van der Waals surface area contributed by atoms with Crippen molar-refractivity contribution < 1.29 is 4.79 Å². The van der Waals surface area contributed by atoms with E-state index in [1.165, 1.54) is 22.3 Å². The fourth-order valence-electron chi connectivity index (χ4n) is 3.67. The van der Waals surface area contributed by atoms with Crippen LogP contribution in [0.1, 0.15) is 17.2 Å². The summed E-state index contributed by atoms with van der Waals surface area (Å²) in [5.74, 6) is -0.0811. The molecule has 26 heavy (non-hydrogen) atoms. The standard InChI is InChI=1S/C22H19ClN2O/c1-25(14-21(26)24-20-13-7-6-12-19(20)23)22-17-10-4-2-8-15(17)16-9-3-5-11-18(16)22/h2-13,22H,14H2,1H3,(H,24,26). The summed E-state index contributed by atoms with van der Waals surface area (Å²) in [5, 5.41) is 3.44. The number of likely N-dealkylation sites (N-methyl/N-ethyl adjacent to an activating group) is 1. The SMILES string of the molecule is CN(CC(=O)Nc1ccccc1Cl)C1c2ccccc2-c2ccccc21. The highest BCUT2D eigenvalue weighted by molar-refractivity contribution is 6.33. The average Bonchev–Trinajstić information content (AvgIpc) is 2.98. The van der Waals surface area contributed by atoms with Crippen molar-refractivity contribution in [2.75, 3.05) is 18.9 Å². The summed E-state index contributed by atoms with van der Waals surface area (Å²) in [6.07, 6.45) is 0. The monoisotopic (exact) mass is 362 g/mol. The van der Waals surface area contributed by atoms with Gasteiger partial charge in [-0.05, 0) is 41.4 Å². The number of carbonyl (C=O) groups is 1. The summed E-state index contributed by atoms with van der Waals surface area (Å²) in [4.78, 5) is 14.6.